The van der Waals surface area contributed by atoms with Crippen LogP contribution in [0, 0.1) is 11.3 Å². The van der Waals surface area contributed by atoms with E-state index in [1.165, 1.54) is 12.1 Å². The summed E-state index contributed by atoms with van der Waals surface area (Å²) in [6.07, 6.45) is 0. The highest BCUT2D eigenvalue weighted by Crippen LogP contribution is 2.16. The van der Waals surface area contributed by atoms with E-state index in [9.17, 15) is 13.2 Å². The van der Waals surface area contributed by atoms with Crippen LogP contribution in [-0.2, 0) is 14.8 Å². The zero-order valence-corrected chi connectivity index (χ0v) is 15.5. The van der Waals surface area contributed by atoms with Gasteiger partial charge in [0.05, 0.1) is 17.0 Å². The van der Waals surface area contributed by atoms with Gasteiger partial charge in [-0.3, -0.25) is 4.79 Å². The van der Waals surface area contributed by atoms with Gasteiger partial charge >= 0.3 is 0 Å². The van der Waals surface area contributed by atoms with Gasteiger partial charge in [0.15, 0.2) is 0 Å². The monoisotopic (exact) mass is 384 g/mol. The fourth-order valence-corrected chi connectivity index (χ4v) is 4.12. The van der Waals surface area contributed by atoms with Crippen molar-refractivity contribution >= 4 is 21.6 Å². The molecule has 0 bridgehead atoms. The molecule has 0 aromatic heterocycles. The van der Waals surface area contributed by atoms with Crippen LogP contribution in [-0.4, -0.2) is 51.9 Å². The third-order valence-corrected chi connectivity index (χ3v) is 5.92. The number of rotatable bonds is 5. The van der Waals surface area contributed by atoms with E-state index in [2.05, 4.69) is 9.62 Å². The van der Waals surface area contributed by atoms with Crippen LogP contribution in [0.3, 0.4) is 0 Å². The van der Waals surface area contributed by atoms with Gasteiger partial charge in [0, 0.05) is 31.9 Å². The highest BCUT2D eigenvalue weighted by molar-refractivity contribution is 7.89. The Morgan fingerprint density at radius 2 is 1.63 bits per heavy atom. The Kier molecular flexibility index (Phi) is 5.74. The van der Waals surface area contributed by atoms with E-state index in [1.54, 1.807) is 17.0 Å². The molecule has 2 aromatic rings. The third-order valence-electron chi connectivity index (χ3n) is 4.46. The molecule has 2 aromatic carbocycles. The zero-order valence-electron chi connectivity index (χ0n) is 14.7. The van der Waals surface area contributed by atoms with Gasteiger partial charge < -0.3 is 9.80 Å². The van der Waals surface area contributed by atoms with Crippen molar-refractivity contribution in [1.82, 2.24) is 9.62 Å². The number of anilines is 1. The van der Waals surface area contributed by atoms with Crippen molar-refractivity contribution in [3.8, 4) is 6.07 Å². The normalized spacial score (nSPS) is 14.6. The molecule has 0 radical (unpaired) electrons. The standard InChI is InChI=1S/C19H20N4O3S/c20-14-16-6-4-5-9-18(16)27(25,26)21-15-19(24)23-12-10-22(11-13-23)17-7-2-1-3-8-17/h1-9,21H,10-13,15H2. The third kappa shape index (κ3) is 4.45. The highest BCUT2D eigenvalue weighted by atomic mass is 32.2. The van der Waals surface area contributed by atoms with Crippen molar-refractivity contribution in [3.63, 3.8) is 0 Å². The Hall–Kier alpha value is -2.89. The molecule has 3 rings (SSSR count). The maximum atomic E-state index is 12.4. The molecule has 0 saturated carbocycles. The second-order valence-corrected chi connectivity index (χ2v) is 7.87. The molecule has 1 heterocycles. The average Bonchev–Trinajstić information content (AvgIpc) is 2.73. The maximum absolute atomic E-state index is 12.4. The number of carbonyl (C=O) groups is 1. The summed E-state index contributed by atoms with van der Waals surface area (Å²) in [4.78, 5) is 16.1. The van der Waals surface area contributed by atoms with E-state index in [4.69, 9.17) is 5.26 Å². The summed E-state index contributed by atoms with van der Waals surface area (Å²) in [5.74, 6) is -0.277. The summed E-state index contributed by atoms with van der Waals surface area (Å²) in [7, 11) is -3.92. The molecule has 8 heteroatoms. The van der Waals surface area contributed by atoms with Gasteiger partial charge in [-0.15, -0.1) is 0 Å². The molecule has 27 heavy (non-hydrogen) atoms. The second kappa shape index (κ2) is 8.20. The molecule has 7 nitrogen and oxygen atoms in total. The van der Waals surface area contributed by atoms with E-state index in [-0.39, 0.29) is 22.9 Å². The largest absolute Gasteiger partial charge is 0.368 e. The first-order valence-electron chi connectivity index (χ1n) is 8.58. The predicted octanol–water partition coefficient (Wildman–Crippen LogP) is 1.19. The number of nitrogens with one attached hydrogen (secondary N) is 1. The molecule has 140 valence electrons. The van der Waals surface area contributed by atoms with Gasteiger partial charge in [-0.2, -0.15) is 5.26 Å². The lowest BCUT2D eigenvalue weighted by molar-refractivity contribution is -0.130. The Morgan fingerprint density at radius 3 is 2.30 bits per heavy atom. The van der Waals surface area contributed by atoms with E-state index < -0.39 is 10.0 Å². The van der Waals surface area contributed by atoms with Gasteiger partial charge in [-0.05, 0) is 24.3 Å². The quantitative estimate of drug-likeness (QED) is 0.836. The Labute approximate surface area is 158 Å². The number of piperazine rings is 1. The lowest BCUT2D eigenvalue weighted by Crippen LogP contribution is -2.51. The van der Waals surface area contributed by atoms with Crippen molar-refractivity contribution in [1.29, 1.82) is 5.26 Å². The number of amides is 1. The molecule has 0 aliphatic carbocycles. The number of nitrogens with zero attached hydrogens (tertiary/aromatic N) is 3. The summed E-state index contributed by atoms with van der Waals surface area (Å²) in [5, 5.41) is 9.06. The fraction of sp³-hybridized carbons (Fsp3) is 0.263. The zero-order chi connectivity index (χ0) is 19.3. The summed E-state index contributed by atoms with van der Waals surface area (Å²) >= 11 is 0. The molecular formula is C19H20N4O3S. The van der Waals surface area contributed by atoms with Crippen LogP contribution in [0.1, 0.15) is 5.56 Å². The second-order valence-electron chi connectivity index (χ2n) is 6.14. The fourth-order valence-electron chi connectivity index (χ4n) is 2.99. The van der Waals surface area contributed by atoms with Crippen LogP contribution >= 0.6 is 0 Å². The molecule has 1 amide bonds. The molecule has 0 unspecified atom stereocenters. The SMILES string of the molecule is N#Cc1ccccc1S(=O)(=O)NCC(=O)N1CCN(c2ccccc2)CC1. The molecule has 0 atom stereocenters. The van der Waals surface area contributed by atoms with Crippen molar-refractivity contribution in [2.24, 2.45) is 0 Å². The van der Waals surface area contributed by atoms with Crippen LogP contribution in [0.5, 0.6) is 0 Å². The summed E-state index contributed by atoms with van der Waals surface area (Å²) in [5.41, 5.74) is 1.16. The van der Waals surface area contributed by atoms with E-state index in [0.29, 0.717) is 26.2 Å². The lowest BCUT2D eigenvalue weighted by Gasteiger charge is -2.36. The van der Waals surface area contributed by atoms with Crippen LogP contribution in [0.4, 0.5) is 5.69 Å². The number of hydrogen-bond donors (Lipinski definition) is 1. The van der Waals surface area contributed by atoms with Crippen LogP contribution in [0.2, 0.25) is 0 Å². The summed E-state index contributed by atoms with van der Waals surface area (Å²) in [6, 6.07) is 17.7. The van der Waals surface area contributed by atoms with E-state index in [0.717, 1.165) is 5.69 Å². The Bertz CT molecular complexity index is 946. The molecule has 1 saturated heterocycles. The van der Waals surface area contributed by atoms with Crippen LogP contribution in [0.15, 0.2) is 59.5 Å². The van der Waals surface area contributed by atoms with E-state index in [1.807, 2.05) is 36.4 Å². The van der Waals surface area contributed by atoms with Crippen molar-refractivity contribution in [2.75, 3.05) is 37.6 Å². The number of nitriles is 1. The van der Waals surface area contributed by atoms with Crippen LogP contribution in [0.25, 0.3) is 0 Å². The Balaban J connectivity index is 1.56. The number of benzene rings is 2. The first-order chi connectivity index (χ1) is 13.0. The van der Waals surface area contributed by atoms with Gasteiger partial charge in [0.25, 0.3) is 0 Å². The molecule has 1 N–H and O–H groups in total. The van der Waals surface area contributed by atoms with Gasteiger partial charge in [-0.25, -0.2) is 13.1 Å². The minimum absolute atomic E-state index is 0.0499. The summed E-state index contributed by atoms with van der Waals surface area (Å²) in [6.45, 7) is 2.13. The topological polar surface area (TPSA) is 93.5 Å². The van der Waals surface area contributed by atoms with Crippen LogP contribution < -0.4 is 9.62 Å². The number of hydrogen-bond acceptors (Lipinski definition) is 5. The van der Waals surface area contributed by atoms with Gasteiger partial charge in [0.1, 0.15) is 6.07 Å². The highest BCUT2D eigenvalue weighted by Gasteiger charge is 2.24. The minimum Gasteiger partial charge on any atom is -0.368 e. The first kappa shape index (κ1) is 18.9. The molecule has 1 fully saturated rings. The van der Waals surface area contributed by atoms with Gasteiger partial charge in [0.2, 0.25) is 15.9 Å². The summed E-state index contributed by atoms with van der Waals surface area (Å²) < 4.78 is 27.1. The number of para-hydroxylation sites is 1. The number of carbonyl (C=O) groups excluding carboxylic acids is 1. The number of sulfonamides is 1. The van der Waals surface area contributed by atoms with Gasteiger partial charge in [-0.1, -0.05) is 30.3 Å². The average molecular weight is 384 g/mol. The lowest BCUT2D eigenvalue weighted by atomic mass is 10.2. The minimum atomic E-state index is -3.92. The molecule has 0 spiro atoms. The molecule has 1 aliphatic rings. The van der Waals surface area contributed by atoms with Crippen molar-refractivity contribution in [2.45, 2.75) is 4.90 Å². The van der Waals surface area contributed by atoms with Crippen molar-refractivity contribution in [3.05, 3.63) is 60.2 Å². The van der Waals surface area contributed by atoms with Crippen molar-refractivity contribution < 1.29 is 13.2 Å². The predicted molar refractivity (Wildman–Crippen MR) is 102 cm³/mol. The first-order valence-corrected chi connectivity index (χ1v) is 10.1. The molecular weight excluding hydrogens is 364 g/mol. The van der Waals surface area contributed by atoms with E-state index >= 15 is 0 Å². The molecule has 1 aliphatic heterocycles. The Morgan fingerprint density at radius 1 is 1.00 bits per heavy atom. The smallest absolute Gasteiger partial charge is 0.242 e. The maximum Gasteiger partial charge on any atom is 0.242 e.